The number of rotatable bonds is 7. The molecule has 0 spiro atoms. The van der Waals surface area contributed by atoms with E-state index in [4.69, 9.17) is 9.26 Å². The molecule has 1 amide bonds. The van der Waals surface area contributed by atoms with Crippen LogP contribution in [0.4, 0.5) is 0 Å². The van der Waals surface area contributed by atoms with Gasteiger partial charge in [0.2, 0.25) is 0 Å². The number of aryl methyl sites for hydroxylation is 2. The Kier molecular flexibility index (Phi) is 5.65. The SMILES string of the molecule is Cc1cc(C)nc(CCNC(=O)c2cc(COc3cccc4cccnc34)on2)n1. The van der Waals surface area contributed by atoms with E-state index in [2.05, 4.69) is 25.4 Å². The average Bonchev–Trinajstić information content (AvgIpc) is 3.21. The van der Waals surface area contributed by atoms with E-state index in [9.17, 15) is 4.79 Å². The summed E-state index contributed by atoms with van der Waals surface area (Å²) in [6.45, 7) is 4.39. The number of fused-ring (bicyclic) bond motifs is 1. The van der Waals surface area contributed by atoms with Crippen LogP contribution in [-0.2, 0) is 13.0 Å². The third kappa shape index (κ3) is 4.60. The molecule has 0 fully saturated rings. The number of benzene rings is 1. The van der Waals surface area contributed by atoms with Gasteiger partial charge in [0, 0.05) is 42.0 Å². The molecule has 0 radical (unpaired) electrons. The van der Waals surface area contributed by atoms with Gasteiger partial charge in [-0.1, -0.05) is 23.4 Å². The van der Waals surface area contributed by atoms with Crippen LogP contribution in [0.25, 0.3) is 10.9 Å². The number of ether oxygens (including phenoxy) is 1. The first-order valence-electron chi connectivity index (χ1n) is 9.60. The van der Waals surface area contributed by atoms with Gasteiger partial charge in [-0.2, -0.15) is 0 Å². The van der Waals surface area contributed by atoms with Crippen molar-refractivity contribution in [3.63, 3.8) is 0 Å². The van der Waals surface area contributed by atoms with E-state index < -0.39 is 0 Å². The van der Waals surface area contributed by atoms with Crippen LogP contribution in [0, 0.1) is 13.8 Å². The molecule has 0 aliphatic rings. The molecule has 30 heavy (non-hydrogen) atoms. The van der Waals surface area contributed by atoms with E-state index in [0.717, 1.165) is 22.3 Å². The van der Waals surface area contributed by atoms with Gasteiger partial charge in [-0.25, -0.2) is 9.97 Å². The van der Waals surface area contributed by atoms with Gasteiger partial charge in [-0.3, -0.25) is 9.78 Å². The van der Waals surface area contributed by atoms with Crippen LogP contribution >= 0.6 is 0 Å². The first-order chi connectivity index (χ1) is 14.6. The summed E-state index contributed by atoms with van der Waals surface area (Å²) in [5.74, 6) is 1.47. The highest BCUT2D eigenvalue weighted by Crippen LogP contribution is 2.23. The van der Waals surface area contributed by atoms with Crippen molar-refractivity contribution in [1.29, 1.82) is 0 Å². The van der Waals surface area contributed by atoms with Crippen LogP contribution < -0.4 is 10.1 Å². The molecule has 0 aliphatic carbocycles. The lowest BCUT2D eigenvalue weighted by molar-refractivity contribution is 0.0944. The molecule has 0 bridgehead atoms. The summed E-state index contributed by atoms with van der Waals surface area (Å²) in [5.41, 5.74) is 2.79. The molecular weight excluding hydrogens is 382 g/mol. The van der Waals surface area contributed by atoms with E-state index in [1.54, 1.807) is 12.3 Å². The zero-order valence-electron chi connectivity index (χ0n) is 16.8. The van der Waals surface area contributed by atoms with Crippen molar-refractivity contribution in [2.45, 2.75) is 26.9 Å². The van der Waals surface area contributed by atoms with Crippen LogP contribution in [0.2, 0.25) is 0 Å². The fourth-order valence-corrected chi connectivity index (χ4v) is 3.12. The number of carbonyl (C=O) groups excluding carboxylic acids is 1. The number of pyridine rings is 1. The van der Waals surface area contributed by atoms with E-state index in [0.29, 0.717) is 30.3 Å². The van der Waals surface area contributed by atoms with Gasteiger partial charge in [-0.05, 0) is 32.0 Å². The topological polar surface area (TPSA) is 103 Å². The lowest BCUT2D eigenvalue weighted by Crippen LogP contribution is -2.26. The van der Waals surface area contributed by atoms with E-state index in [-0.39, 0.29) is 18.2 Å². The molecule has 8 heteroatoms. The number of amides is 1. The Labute approximate surface area is 173 Å². The Bertz CT molecular complexity index is 1160. The van der Waals surface area contributed by atoms with Gasteiger partial charge in [0.15, 0.2) is 11.5 Å². The molecule has 0 unspecified atom stereocenters. The number of aromatic nitrogens is 4. The largest absolute Gasteiger partial charge is 0.483 e. The summed E-state index contributed by atoms with van der Waals surface area (Å²) in [5, 5.41) is 7.62. The first-order valence-corrected chi connectivity index (χ1v) is 9.60. The summed E-state index contributed by atoms with van der Waals surface area (Å²) in [7, 11) is 0. The lowest BCUT2D eigenvalue weighted by atomic mass is 10.2. The maximum absolute atomic E-state index is 12.3. The Hall–Kier alpha value is -3.81. The number of nitrogens with zero attached hydrogens (tertiary/aromatic N) is 4. The maximum atomic E-state index is 12.3. The molecule has 0 saturated heterocycles. The zero-order valence-corrected chi connectivity index (χ0v) is 16.8. The minimum atomic E-state index is -0.318. The van der Waals surface area contributed by atoms with Crippen LogP contribution in [0.3, 0.4) is 0 Å². The van der Waals surface area contributed by atoms with Crippen LogP contribution in [0.1, 0.15) is 33.5 Å². The number of hydrogen-bond donors (Lipinski definition) is 1. The molecule has 152 valence electrons. The number of nitrogens with one attached hydrogen (secondary N) is 1. The van der Waals surface area contributed by atoms with Gasteiger partial charge >= 0.3 is 0 Å². The summed E-state index contributed by atoms with van der Waals surface area (Å²) >= 11 is 0. The van der Waals surface area contributed by atoms with E-state index >= 15 is 0 Å². The van der Waals surface area contributed by atoms with Crippen molar-refractivity contribution in [1.82, 2.24) is 25.4 Å². The Morgan fingerprint density at radius 3 is 2.73 bits per heavy atom. The number of hydrogen-bond acceptors (Lipinski definition) is 7. The highest BCUT2D eigenvalue weighted by molar-refractivity contribution is 5.92. The quantitative estimate of drug-likeness (QED) is 0.505. The maximum Gasteiger partial charge on any atom is 0.273 e. The fourth-order valence-electron chi connectivity index (χ4n) is 3.12. The molecule has 0 aliphatic heterocycles. The third-order valence-corrected chi connectivity index (χ3v) is 4.42. The Morgan fingerprint density at radius 1 is 1.10 bits per heavy atom. The first kappa shape index (κ1) is 19.5. The highest BCUT2D eigenvalue weighted by Gasteiger charge is 2.13. The summed E-state index contributed by atoms with van der Waals surface area (Å²) in [4.78, 5) is 25.4. The highest BCUT2D eigenvalue weighted by atomic mass is 16.5. The van der Waals surface area contributed by atoms with Crippen LogP contribution in [0.5, 0.6) is 5.75 Å². The summed E-state index contributed by atoms with van der Waals surface area (Å²) < 4.78 is 11.0. The zero-order chi connectivity index (χ0) is 20.9. The van der Waals surface area contributed by atoms with Gasteiger partial charge in [0.25, 0.3) is 5.91 Å². The molecule has 4 aromatic rings. The normalized spacial score (nSPS) is 10.9. The fraction of sp³-hybridized carbons (Fsp3) is 0.227. The second-order valence-corrected chi connectivity index (χ2v) is 6.87. The summed E-state index contributed by atoms with van der Waals surface area (Å²) in [6, 6.07) is 13.0. The van der Waals surface area contributed by atoms with E-state index in [1.165, 1.54) is 0 Å². The third-order valence-electron chi connectivity index (χ3n) is 4.42. The molecule has 0 saturated carbocycles. The van der Waals surface area contributed by atoms with Gasteiger partial charge < -0.3 is 14.6 Å². The number of carbonyl (C=O) groups is 1. The van der Waals surface area contributed by atoms with E-state index in [1.807, 2.05) is 50.2 Å². The Morgan fingerprint density at radius 2 is 1.90 bits per heavy atom. The predicted octanol–water partition coefficient (Wildman–Crippen LogP) is 3.18. The van der Waals surface area contributed by atoms with Crippen molar-refractivity contribution >= 4 is 16.8 Å². The number of para-hydroxylation sites is 1. The molecule has 3 aromatic heterocycles. The Balaban J connectivity index is 1.32. The average molecular weight is 403 g/mol. The molecule has 0 atom stereocenters. The smallest absolute Gasteiger partial charge is 0.273 e. The van der Waals surface area contributed by atoms with Crippen molar-refractivity contribution in [2.75, 3.05) is 6.54 Å². The van der Waals surface area contributed by atoms with Crippen LogP contribution in [-0.4, -0.2) is 32.6 Å². The lowest BCUT2D eigenvalue weighted by Gasteiger charge is -2.06. The van der Waals surface area contributed by atoms with Gasteiger partial charge in [0.1, 0.15) is 23.7 Å². The van der Waals surface area contributed by atoms with Crippen molar-refractivity contribution < 1.29 is 14.1 Å². The van der Waals surface area contributed by atoms with Gasteiger partial charge in [0.05, 0.1) is 0 Å². The molecule has 4 rings (SSSR count). The molecular formula is C22H21N5O3. The monoisotopic (exact) mass is 403 g/mol. The van der Waals surface area contributed by atoms with Crippen molar-refractivity contribution in [2.24, 2.45) is 0 Å². The minimum Gasteiger partial charge on any atom is -0.483 e. The van der Waals surface area contributed by atoms with Crippen molar-refractivity contribution in [3.05, 3.63) is 77.3 Å². The summed E-state index contributed by atoms with van der Waals surface area (Å²) in [6.07, 6.45) is 2.26. The van der Waals surface area contributed by atoms with Crippen molar-refractivity contribution in [3.8, 4) is 5.75 Å². The minimum absolute atomic E-state index is 0.145. The van der Waals surface area contributed by atoms with Crippen LogP contribution in [0.15, 0.2) is 53.2 Å². The standard InChI is InChI=1S/C22H21N5O3/c1-14-11-15(2)26-20(25-14)8-10-24-22(28)18-12-17(30-27-18)13-29-19-7-3-5-16-6-4-9-23-21(16)19/h3-7,9,11-12H,8,10,13H2,1-2H3,(H,24,28). The molecule has 1 N–H and O–H groups in total. The molecule has 1 aromatic carbocycles. The second-order valence-electron chi connectivity index (χ2n) is 6.87. The van der Waals surface area contributed by atoms with Gasteiger partial charge in [-0.15, -0.1) is 0 Å². The molecule has 3 heterocycles. The predicted molar refractivity (Wildman–Crippen MR) is 110 cm³/mol. The second kappa shape index (κ2) is 8.69. The molecule has 8 nitrogen and oxygen atoms in total.